The predicted octanol–water partition coefficient (Wildman–Crippen LogP) is 3.21. The second kappa shape index (κ2) is 8.24. The minimum atomic E-state index is -0.740. The van der Waals surface area contributed by atoms with Crippen molar-refractivity contribution in [2.45, 2.75) is 64.3 Å². The summed E-state index contributed by atoms with van der Waals surface area (Å²) < 4.78 is 0. The first-order valence-corrected chi connectivity index (χ1v) is 8.98. The van der Waals surface area contributed by atoms with E-state index in [1.165, 1.54) is 11.3 Å². The van der Waals surface area contributed by atoms with Gasteiger partial charge in [0.15, 0.2) is 0 Å². The van der Waals surface area contributed by atoms with E-state index in [0.29, 0.717) is 36.7 Å². The van der Waals surface area contributed by atoms with Gasteiger partial charge in [-0.25, -0.2) is 4.79 Å². The number of aliphatic carboxylic acids is 1. The second-order valence-corrected chi connectivity index (χ2v) is 6.95. The van der Waals surface area contributed by atoms with Crippen molar-refractivity contribution in [2.75, 3.05) is 5.32 Å². The zero-order valence-electron chi connectivity index (χ0n) is 13.5. The van der Waals surface area contributed by atoms with Crippen molar-refractivity contribution in [3.63, 3.8) is 0 Å². The largest absolute Gasteiger partial charge is 0.481 e. The molecular weight excluding hydrogens is 316 g/mol. The molecule has 1 aliphatic rings. The Labute approximate surface area is 139 Å². The SMILES string of the molecule is CCC(CC)c1nnc(NC(=O)NC2CCC(C(=O)O)CC2)s1. The highest BCUT2D eigenvalue weighted by molar-refractivity contribution is 7.15. The Morgan fingerprint density at radius 3 is 2.43 bits per heavy atom. The van der Waals surface area contributed by atoms with Crippen LogP contribution in [0.4, 0.5) is 9.93 Å². The van der Waals surface area contributed by atoms with E-state index in [1.807, 2.05) is 0 Å². The van der Waals surface area contributed by atoms with Crippen LogP contribution in [0.25, 0.3) is 0 Å². The Bertz CT molecular complexity index is 537. The molecule has 128 valence electrons. The number of carboxylic acid groups (broad SMARTS) is 1. The molecule has 3 N–H and O–H groups in total. The molecule has 0 unspecified atom stereocenters. The molecule has 0 aromatic carbocycles. The highest BCUT2D eigenvalue weighted by Crippen LogP contribution is 2.28. The fraction of sp³-hybridized carbons (Fsp3) is 0.733. The fourth-order valence-corrected chi connectivity index (χ4v) is 3.90. The molecule has 1 heterocycles. The summed E-state index contributed by atoms with van der Waals surface area (Å²) in [6.07, 6.45) is 4.61. The van der Waals surface area contributed by atoms with E-state index in [1.54, 1.807) is 0 Å². The van der Waals surface area contributed by atoms with Gasteiger partial charge in [-0.3, -0.25) is 10.1 Å². The van der Waals surface area contributed by atoms with Crippen LogP contribution in [0.3, 0.4) is 0 Å². The van der Waals surface area contributed by atoms with Crippen molar-refractivity contribution >= 4 is 28.5 Å². The first-order chi connectivity index (χ1) is 11.0. The van der Waals surface area contributed by atoms with Crippen molar-refractivity contribution in [1.82, 2.24) is 15.5 Å². The van der Waals surface area contributed by atoms with Crippen LogP contribution in [-0.4, -0.2) is 33.3 Å². The fourth-order valence-electron chi connectivity index (χ4n) is 2.89. The Morgan fingerprint density at radius 1 is 1.22 bits per heavy atom. The molecule has 8 heteroatoms. The Morgan fingerprint density at radius 2 is 1.87 bits per heavy atom. The van der Waals surface area contributed by atoms with E-state index in [2.05, 4.69) is 34.7 Å². The van der Waals surface area contributed by atoms with E-state index >= 15 is 0 Å². The van der Waals surface area contributed by atoms with Crippen molar-refractivity contribution in [1.29, 1.82) is 0 Å². The lowest BCUT2D eigenvalue weighted by molar-refractivity contribution is -0.142. The number of carbonyl (C=O) groups excluding carboxylic acids is 1. The molecule has 0 spiro atoms. The Balaban J connectivity index is 1.80. The molecule has 1 fully saturated rings. The second-order valence-electron chi connectivity index (χ2n) is 5.94. The van der Waals surface area contributed by atoms with E-state index in [-0.39, 0.29) is 18.0 Å². The summed E-state index contributed by atoms with van der Waals surface area (Å²) >= 11 is 1.41. The molecule has 0 aliphatic heterocycles. The van der Waals surface area contributed by atoms with Gasteiger partial charge in [-0.1, -0.05) is 25.2 Å². The minimum Gasteiger partial charge on any atom is -0.481 e. The van der Waals surface area contributed by atoms with Gasteiger partial charge >= 0.3 is 12.0 Å². The lowest BCUT2D eigenvalue weighted by atomic mass is 9.86. The summed E-state index contributed by atoms with van der Waals surface area (Å²) in [5, 5.41) is 24.2. The number of amides is 2. The van der Waals surface area contributed by atoms with Gasteiger partial charge in [0, 0.05) is 12.0 Å². The van der Waals surface area contributed by atoms with E-state index in [4.69, 9.17) is 5.11 Å². The van der Waals surface area contributed by atoms with Crippen molar-refractivity contribution in [3.05, 3.63) is 5.01 Å². The zero-order valence-corrected chi connectivity index (χ0v) is 14.4. The van der Waals surface area contributed by atoms with Gasteiger partial charge in [-0.15, -0.1) is 10.2 Å². The van der Waals surface area contributed by atoms with Gasteiger partial charge in [-0.05, 0) is 38.5 Å². The highest BCUT2D eigenvalue weighted by Gasteiger charge is 2.26. The van der Waals surface area contributed by atoms with Gasteiger partial charge in [0.1, 0.15) is 5.01 Å². The van der Waals surface area contributed by atoms with Gasteiger partial charge in [0.25, 0.3) is 0 Å². The standard InChI is InChI=1S/C15H24N4O3S/c1-3-9(4-2)12-18-19-15(23-12)17-14(22)16-11-7-5-10(6-8-11)13(20)21/h9-11H,3-8H2,1-2H3,(H,20,21)(H2,16,17,19,22). The van der Waals surface area contributed by atoms with E-state index in [9.17, 15) is 9.59 Å². The molecule has 2 rings (SSSR count). The molecule has 0 atom stereocenters. The number of hydrogen-bond acceptors (Lipinski definition) is 5. The topological polar surface area (TPSA) is 104 Å². The lowest BCUT2D eigenvalue weighted by Gasteiger charge is -2.26. The molecule has 1 saturated carbocycles. The monoisotopic (exact) mass is 340 g/mol. The third-order valence-electron chi connectivity index (χ3n) is 4.41. The highest BCUT2D eigenvalue weighted by atomic mass is 32.1. The third kappa shape index (κ3) is 4.89. The van der Waals surface area contributed by atoms with Crippen LogP contribution in [0, 0.1) is 5.92 Å². The summed E-state index contributed by atoms with van der Waals surface area (Å²) in [7, 11) is 0. The number of rotatable bonds is 6. The zero-order chi connectivity index (χ0) is 16.8. The number of anilines is 1. The normalized spacial score (nSPS) is 21.2. The summed E-state index contributed by atoms with van der Waals surface area (Å²) in [4.78, 5) is 22.9. The number of nitrogens with one attached hydrogen (secondary N) is 2. The van der Waals surface area contributed by atoms with Crippen LogP contribution in [0.15, 0.2) is 0 Å². The Hall–Kier alpha value is -1.70. The third-order valence-corrected chi connectivity index (χ3v) is 5.41. The van der Waals surface area contributed by atoms with Gasteiger partial charge in [-0.2, -0.15) is 0 Å². The first kappa shape index (κ1) is 17.7. The lowest BCUT2D eigenvalue weighted by Crippen LogP contribution is -2.40. The van der Waals surface area contributed by atoms with Crippen molar-refractivity contribution < 1.29 is 14.7 Å². The molecule has 0 bridgehead atoms. The van der Waals surface area contributed by atoms with Gasteiger partial charge in [0.2, 0.25) is 5.13 Å². The van der Waals surface area contributed by atoms with E-state index < -0.39 is 5.97 Å². The average molecular weight is 340 g/mol. The predicted molar refractivity (Wildman–Crippen MR) is 88.8 cm³/mol. The minimum absolute atomic E-state index is 0.0250. The summed E-state index contributed by atoms with van der Waals surface area (Å²) in [5.41, 5.74) is 0. The number of urea groups is 1. The van der Waals surface area contributed by atoms with Gasteiger partial charge in [0.05, 0.1) is 5.92 Å². The van der Waals surface area contributed by atoms with Gasteiger partial charge < -0.3 is 10.4 Å². The molecule has 23 heavy (non-hydrogen) atoms. The van der Waals surface area contributed by atoms with Crippen LogP contribution >= 0.6 is 11.3 Å². The number of aromatic nitrogens is 2. The maximum absolute atomic E-state index is 12.0. The summed E-state index contributed by atoms with van der Waals surface area (Å²) in [5.74, 6) is -0.630. The summed E-state index contributed by atoms with van der Waals surface area (Å²) in [6, 6.07) is -0.270. The number of carbonyl (C=O) groups is 2. The molecule has 2 amide bonds. The number of nitrogens with zero attached hydrogens (tertiary/aromatic N) is 2. The smallest absolute Gasteiger partial charge is 0.321 e. The maximum atomic E-state index is 12.0. The van der Waals surface area contributed by atoms with Crippen LogP contribution in [-0.2, 0) is 4.79 Å². The molecular formula is C15H24N4O3S. The van der Waals surface area contributed by atoms with Crippen LogP contribution < -0.4 is 10.6 Å². The molecule has 1 aromatic heterocycles. The molecule has 7 nitrogen and oxygen atoms in total. The van der Waals surface area contributed by atoms with Crippen molar-refractivity contribution in [3.8, 4) is 0 Å². The van der Waals surface area contributed by atoms with Crippen LogP contribution in [0.5, 0.6) is 0 Å². The number of carboxylic acids is 1. The van der Waals surface area contributed by atoms with Crippen LogP contribution in [0.2, 0.25) is 0 Å². The maximum Gasteiger partial charge on any atom is 0.321 e. The Kier molecular flexibility index (Phi) is 6.32. The molecule has 1 aromatic rings. The number of hydrogen-bond donors (Lipinski definition) is 3. The molecule has 0 radical (unpaired) electrons. The molecule has 1 aliphatic carbocycles. The van der Waals surface area contributed by atoms with Crippen molar-refractivity contribution in [2.24, 2.45) is 5.92 Å². The van der Waals surface area contributed by atoms with E-state index in [0.717, 1.165) is 17.8 Å². The first-order valence-electron chi connectivity index (χ1n) is 8.17. The van der Waals surface area contributed by atoms with Crippen LogP contribution in [0.1, 0.15) is 63.3 Å². The summed E-state index contributed by atoms with van der Waals surface area (Å²) in [6.45, 7) is 4.23. The quantitative estimate of drug-likeness (QED) is 0.737. The molecule has 0 saturated heterocycles. The average Bonchev–Trinajstić information content (AvgIpc) is 2.97.